The van der Waals surface area contributed by atoms with Crippen LogP contribution in [0.25, 0.3) is 0 Å². The molecule has 0 aromatic heterocycles. The Kier molecular flexibility index (Phi) is 3.47. The van der Waals surface area contributed by atoms with E-state index in [4.69, 9.17) is 4.74 Å². The third kappa shape index (κ3) is 2.64. The Hall–Kier alpha value is -0.840. The quantitative estimate of drug-likeness (QED) is 0.723. The van der Waals surface area contributed by atoms with Gasteiger partial charge in [0.2, 0.25) is 0 Å². The zero-order chi connectivity index (χ0) is 12.6. The molecule has 5 heteroatoms. The van der Waals surface area contributed by atoms with Gasteiger partial charge >= 0.3 is 6.09 Å². The lowest BCUT2D eigenvalue weighted by atomic mass is 9.90. The van der Waals surface area contributed by atoms with Crippen LogP contribution >= 0.6 is 0 Å². The maximum absolute atomic E-state index is 12.9. The van der Waals surface area contributed by atoms with E-state index in [1.807, 2.05) is 39.8 Å². The molecule has 1 saturated heterocycles. The van der Waals surface area contributed by atoms with Gasteiger partial charge in [-0.25, -0.2) is 9.18 Å². The Morgan fingerprint density at radius 3 is 2.25 bits per heavy atom. The molecule has 0 unspecified atom stereocenters. The molecule has 0 aliphatic carbocycles. The van der Waals surface area contributed by atoms with Gasteiger partial charge in [-0.15, -0.1) is 0 Å². The number of likely N-dealkylation sites (N-methyl/N-ethyl adjacent to an activating group) is 1. The molecule has 0 aromatic carbocycles. The first-order chi connectivity index (χ1) is 7.20. The Morgan fingerprint density at radius 2 is 1.94 bits per heavy atom. The van der Waals surface area contributed by atoms with Crippen molar-refractivity contribution in [1.82, 2.24) is 9.80 Å². The summed E-state index contributed by atoms with van der Waals surface area (Å²) in [6, 6.07) is 0. The number of halogens is 1. The Morgan fingerprint density at radius 1 is 1.44 bits per heavy atom. The number of hydrogen-bond donors (Lipinski definition) is 0. The smallest absolute Gasteiger partial charge is 0.410 e. The van der Waals surface area contributed by atoms with Gasteiger partial charge in [0.05, 0.1) is 5.54 Å². The Bertz CT molecular complexity index is 268. The van der Waals surface area contributed by atoms with E-state index in [2.05, 4.69) is 0 Å². The van der Waals surface area contributed by atoms with Gasteiger partial charge in [-0.05, 0) is 34.9 Å². The van der Waals surface area contributed by atoms with E-state index in [1.54, 1.807) is 0 Å². The van der Waals surface area contributed by atoms with Crippen LogP contribution in [-0.2, 0) is 4.74 Å². The average Bonchev–Trinajstić information content (AvgIpc) is 1.98. The van der Waals surface area contributed by atoms with E-state index < -0.39 is 17.8 Å². The van der Waals surface area contributed by atoms with Gasteiger partial charge in [-0.2, -0.15) is 0 Å². The number of carbonyl (C=O) groups is 1. The number of alkyl halides is 1. The standard InChI is InChI=1S/C11H21FN2O2/c1-10(2,3)16-9(15)14-7-11(6-12,8-14)13(4)5/h6-8H2,1-5H3. The Labute approximate surface area is 96.3 Å². The van der Waals surface area contributed by atoms with Gasteiger partial charge < -0.3 is 9.64 Å². The molecule has 4 nitrogen and oxygen atoms in total. The first kappa shape index (κ1) is 13.2. The van der Waals surface area contributed by atoms with Crippen LogP contribution in [0.5, 0.6) is 0 Å². The summed E-state index contributed by atoms with van der Waals surface area (Å²) < 4.78 is 18.1. The normalized spacial score (nSPS) is 19.6. The maximum Gasteiger partial charge on any atom is 0.410 e. The second-order valence-corrected chi connectivity index (χ2v) is 5.59. The predicted molar refractivity (Wildman–Crippen MR) is 60.2 cm³/mol. The van der Waals surface area contributed by atoms with Crippen LogP contribution in [-0.4, -0.2) is 60.9 Å². The molecule has 1 heterocycles. The van der Waals surface area contributed by atoms with Crippen LogP contribution in [0, 0.1) is 0 Å². The summed E-state index contributed by atoms with van der Waals surface area (Å²) in [6.07, 6.45) is -0.363. The summed E-state index contributed by atoms with van der Waals surface area (Å²) in [5.74, 6) is 0. The van der Waals surface area contributed by atoms with Crippen LogP contribution in [0.3, 0.4) is 0 Å². The molecular formula is C11H21FN2O2. The van der Waals surface area contributed by atoms with E-state index in [-0.39, 0.29) is 6.09 Å². The van der Waals surface area contributed by atoms with Crippen LogP contribution < -0.4 is 0 Å². The van der Waals surface area contributed by atoms with Gasteiger partial charge in [0, 0.05) is 13.1 Å². The number of carbonyl (C=O) groups excluding carboxylic acids is 1. The van der Waals surface area contributed by atoms with E-state index in [1.165, 1.54) is 4.90 Å². The highest BCUT2D eigenvalue weighted by Crippen LogP contribution is 2.28. The molecule has 94 valence electrons. The molecule has 0 radical (unpaired) electrons. The van der Waals surface area contributed by atoms with Crippen molar-refractivity contribution in [3.63, 3.8) is 0 Å². The van der Waals surface area contributed by atoms with Gasteiger partial charge in [-0.1, -0.05) is 0 Å². The fourth-order valence-corrected chi connectivity index (χ4v) is 1.61. The minimum Gasteiger partial charge on any atom is -0.444 e. The highest BCUT2D eigenvalue weighted by atomic mass is 19.1. The molecule has 0 aromatic rings. The molecule has 16 heavy (non-hydrogen) atoms. The number of hydrogen-bond acceptors (Lipinski definition) is 3. The zero-order valence-electron chi connectivity index (χ0n) is 10.7. The van der Waals surface area contributed by atoms with Crippen LogP contribution in [0.15, 0.2) is 0 Å². The second-order valence-electron chi connectivity index (χ2n) is 5.59. The predicted octanol–water partition coefficient (Wildman–Crippen LogP) is 1.51. The molecule has 0 spiro atoms. The topological polar surface area (TPSA) is 32.8 Å². The lowest BCUT2D eigenvalue weighted by Crippen LogP contribution is -2.71. The second kappa shape index (κ2) is 4.20. The minimum atomic E-state index is -0.517. The molecular weight excluding hydrogens is 211 g/mol. The SMILES string of the molecule is CN(C)C1(CF)CN(C(=O)OC(C)(C)C)C1. The molecule has 0 bridgehead atoms. The fourth-order valence-electron chi connectivity index (χ4n) is 1.61. The van der Waals surface area contributed by atoms with Crippen molar-refractivity contribution >= 4 is 6.09 Å². The summed E-state index contributed by atoms with van der Waals surface area (Å²) >= 11 is 0. The number of nitrogens with zero attached hydrogens (tertiary/aromatic N) is 2. The molecule has 1 aliphatic heterocycles. The summed E-state index contributed by atoms with van der Waals surface area (Å²) in [6.45, 7) is 5.80. The average molecular weight is 232 g/mol. The number of ether oxygens (including phenoxy) is 1. The van der Waals surface area contributed by atoms with Crippen molar-refractivity contribution in [3.8, 4) is 0 Å². The van der Waals surface area contributed by atoms with Crippen molar-refractivity contribution in [2.24, 2.45) is 0 Å². The summed E-state index contributed by atoms with van der Waals surface area (Å²) in [4.78, 5) is 15.0. The minimum absolute atomic E-state index is 0.363. The van der Waals surface area contributed by atoms with Crippen molar-refractivity contribution in [1.29, 1.82) is 0 Å². The van der Waals surface area contributed by atoms with Gasteiger partial charge in [0.25, 0.3) is 0 Å². The van der Waals surface area contributed by atoms with Crippen molar-refractivity contribution in [2.45, 2.75) is 31.9 Å². The van der Waals surface area contributed by atoms with Gasteiger partial charge in [0.1, 0.15) is 12.3 Å². The third-order valence-electron chi connectivity index (χ3n) is 2.82. The molecule has 0 saturated carbocycles. The van der Waals surface area contributed by atoms with E-state index in [0.29, 0.717) is 13.1 Å². The third-order valence-corrected chi connectivity index (χ3v) is 2.82. The largest absolute Gasteiger partial charge is 0.444 e. The lowest BCUT2D eigenvalue weighted by Gasteiger charge is -2.51. The van der Waals surface area contributed by atoms with Crippen molar-refractivity contribution in [3.05, 3.63) is 0 Å². The van der Waals surface area contributed by atoms with E-state index in [9.17, 15) is 9.18 Å². The van der Waals surface area contributed by atoms with Crippen LogP contribution in [0.2, 0.25) is 0 Å². The van der Waals surface area contributed by atoms with Crippen molar-refractivity contribution < 1.29 is 13.9 Å². The number of amides is 1. The van der Waals surface area contributed by atoms with E-state index in [0.717, 1.165) is 0 Å². The van der Waals surface area contributed by atoms with Gasteiger partial charge in [0.15, 0.2) is 0 Å². The first-order valence-corrected chi connectivity index (χ1v) is 5.41. The van der Waals surface area contributed by atoms with E-state index >= 15 is 0 Å². The summed E-state index contributed by atoms with van der Waals surface area (Å²) in [5.41, 5.74) is -1.01. The first-order valence-electron chi connectivity index (χ1n) is 5.41. The van der Waals surface area contributed by atoms with Crippen LogP contribution in [0.4, 0.5) is 9.18 Å². The highest BCUT2D eigenvalue weighted by Gasteiger charge is 2.48. The van der Waals surface area contributed by atoms with Crippen LogP contribution in [0.1, 0.15) is 20.8 Å². The molecule has 0 atom stereocenters. The molecule has 1 amide bonds. The number of rotatable bonds is 2. The molecule has 1 aliphatic rings. The fraction of sp³-hybridized carbons (Fsp3) is 0.909. The van der Waals surface area contributed by atoms with Crippen molar-refractivity contribution in [2.75, 3.05) is 33.9 Å². The van der Waals surface area contributed by atoms with Gasteiger partial charge in [-0.3, -0.25) is 4.90 Å². The highest BCUT2D eigenvalue weighted by molar-refractivity contribution is 5.69. The number of likely N-dealkylation sites (tertiary alicyclic amines) is 1. The molecule has 1 fully saturated rings. The summed E-state index contributed by atoms with van der Waals surface area (Å²) in [5, 5.41) is 0. The zero-order valence-corrected chi connectivity index (χ0v) is 10.7. The molecule has 1 rings (SSSR count). The summed E-state index contributed by atoms with van der Waals surface area (Å²) in [7, 11) is 3.65. The maximum atomic E-state index is 12.9. The Balaban J connectivity index is 2.49. The molecule has 0 N–H and O–H groups in total. The lowest BCUT2D eigenvalue weighted by molar-refractivity contribution is -0.0573. The monoisotopic (exact) mass is 232 g/mol.